The summed E-state index contributed by atoms with van der Waals surface area (Å²) in [6, 6.07) is 0. The lowest BCUT2D eigenvalue weighted by atomic mass is 10.0. The lowest BCUT2D eigenvalue weighted by Crippen LogP contribution is -1.93. The highest BCUT2D eigenvalue weighted by molar-refractivity contribution is 4.47. The molecule has 0 aromatic rings. The molecule has 0 saturated heterocycles. The van der Waals surface area contributed by atoms with Crippen LogP contribution in [-0.4, -0.2) is 14.2 Å². The predicted molar refractivity (Wildman–Crippen MR) is 44.8 cm³/mol. The molecule has 0 heterocycles. The minimum Gasteiger partial charge on any atom is -0.388 e. The third kappa shape index (κ3) is 177000. The minimum absolute atomic E-state index is 0. The summed E-state index contributed by atoms with van der Waals surface area (Å²) < 4.78 is 4.25. The summed E-state index contributed by atoms with van der Waals surface area (Å²) in [5.74, 6) is 0. The monoisotopic (exact) mass is 134 g/mol. The summed E-state index contributed by atoms with van der Waals surface area (Å²) in [5.41, 5.74) is 0.500. The van der Waals surface area contributed by atoms with Crippen LogP contribution in [0.2, 0.25) is 0 Å². The van der Waals surface area contributed by atoms with Crippen LogP contribution in [0.3, 0.4) is 0 Å². The van der Waals surface area contributed by atoms with Gasteiger partial charge in [0.2, 0.25) is 0 Å². The van der Waals surface area contributed by atoms with Crippen molar-refractivity contribution >= 4 is 0 Å². The van der Waals surface area contributed by atoms with Crippen LogP contribution in [0.4, 0.5) is 0 Å². The largest absolute Gasteiger partial charge is 0.388 e. The highest BCUT2D eigenvalue weighted by Crippen LogP contribution is 2.07. The molecule has 0 aromatic carbocycles. The SMILES string of the molecule is C.CC(C)(C)C.COC. The maximum Gasteiger partial charge on any atom is 0.0351 e. The lowest BCUT2D eigenvalue weighted by Gasteiger charge is -2.05. The average Bonchev–Trinajstić information content (AvgIpc) is 1.27. The van der Waals surface area contributed by atoms with Gasteiger partial charge < -0.3 is 4.74 Å². The Balaban J connectivity index is -0.0000000800. The van der Waals surface area contributed by atoms with Crippen molar-refractivity contribution in [2.75, 3.05) is 14.2 Å². The van der Waals surface area contributed by atoms with E-state index in [1.54, 1.807) is 14.2 Å². The highest BCUT2D eigenvalue weighted by Gasteiger charge is 1.95. The fraction of sp³-hybridized carbons (Fsp3) is 1.00. The van der Waals surface area contributed by atoms with Gasteiger partial charge in [-0.1, -0.05) is 35.1 Å². The second-order valence-corrected chi connectivity index (χ2v) is 3.41. The minimum atomic E-state index is 0. The van der Waals surface area contributed by atoms with E-state index in [1.807, 2.05) is 0 Å². The maximum atomic E-state index is 4.25. The third-order valence-electron chi connectivity index (χ3n) is 0. The molecule has 0 aliphatic rings. The zero-order valence-electron chi connectivity index (χ0n) is 6.91. The van der Waals surface area contributed by atoms with Crippen molar-refractivity contribution < 1.29 is 4.74 Å². The summed E-state index contributed by atoms with van der Waals surface area (Å²) in [6.07, 6.45) is 0. The number of hydrogen-bond donors (Lipinski definition) is 0. The van der Waals surface area contributed by atoms with Crippen LogP contribution in [0, 0.1) is 5.41 Å². The smallest absolute Gasteiger partial charge is 0.0351 e. The molecule has 0 aliphatic heterocycles. The van der Waals surface area contributed by atoms with E-state index in [4.69, 9.17) is 0 Å². The van der Waals surface area contributed by atoms with Gasteiger partial charge in [0.1, 0.15) is 0 Å². The molecule has 0 bridgehead atoms. The topological polar surface area (TPSA) is 9.23 Å². The van der Waals surface area contributed by atoms with Gasteiger partial charge in [0, 0.05) is 14.2 Å². The quantitative estimate of drug-likeness (QED) is 0.495. The van der Waals surface area contributed by atoms with Gasteiger partial charge in [-0.15, -0.1) is 0 Å². The average molecular weight is 134 g/mol. The Morgan fingerprint density at radius 3 is 0.889 bits per heavy atom. The summed E-state index contributed by atoms with van der Waals surface area (Å²) in [4.78, 5) is 0. The Bertz CT molecular complexity index is 28.3. The zero-order valence-corrected chi connectivity index (χ0v) is 6.91. The number of ether oxygens (including phenoxy) is 1. The molecule has 9 heavy (non-hydrogen) atoms. The molecule has 0 unspecified atom stereocenters. The van der Waals surface area contributed by atoms with Crippen molar-refractivity contribution in [2.45, 2.75) is 35.1 Å². The maximum absolute atomic E-state index is 4.25. The highest BCUT2D eigenvalue weighted by atomic mass is 16.4. The van der Waals surface area contributed by atoms with E-state index in [2.05, 4.69) is 32.4 Å². The first kappa shape index (κ1) is 16.0. The normalized spacial score (nSPS) is 8.67. The summed E-state index contributed by atoms with van der Waals surface area (Å²) in [6.45, 7) is 8.75. The van der Waals surface area contributed by atoms with Crippen molar-refractivity contribution in [3.05, 3.63) is 0 Å². The molecule has 0 N–H and O–H groups in total. The van der Waals surface area contributed by atoms with Crippen LogP contribution >= 0.6 is 0 Å². The molecule has 1 heteroatoms. The Morgan fingerprint density at radius 1 is 0.889 bits per heavy atom. The second-order valence-electron chi connectivity index (χ2n) is 3.41. The first-order valence-electron chi connectivity index (χ1n) is 2.82. The van der Waals surface area contributed by atoms with E-state index in [9.17, 15) is 0 Å². The molecule has 0 fully saturated rings. The molecule has 0 amide bonds. The molecule has 60 valence electrons. The Kier molecular flexibility index (Phi) is 14.1. The fourth-order valence-corrected chi connectivity index (χ4v) is 0. The van der Waals surface area contributed by atoms with Crippen molar-refractivity contribution in [1.82, 2.24) is 0 Å². The number of methoxy groups -OCH3 is 1. The van der Waals surface area contributed by atoms with E-state index in [1.165, 1.54) is 0 Å². The standard InChI is InChI=1S/C5H12.C2H6O.CH4/c1-5(2,3)4;1-3-2;/h1-4H3;1-2H3;1H4. The Labute approximate surface area is 60.4 Å². The van der Waals surface area contributed by atoms with Crippen molar-refractivity contribution in [3.63, 3.8) is 0 Å². The third-order valence-corrected chi connectivity index (χ3v) is 0. The zero-order chi connectivity index (χ0) is 7.21. The Hall–Kier alpha value is -0.0400. The predicted octanol–water partition coefficient (Wildman–Crippen LogP) is 2.95. The van der Waals surface area contributed by atoms with Gasteiger partial charge in [0.15, 0.2) is 0 Å². The van der Waals surface area contributed by atoms with Gasteiger partial charge in [-0.3, -0.25) is 0 Å². The number of rotatable bonds is 0. The molecule has 0 atom stereocenters. The number of hydrogen-bond acceptors (Lipinski definition) is 1. The molecule has 0 radical (unpaired) electrons. The van der Waals surface area contributed by atoms with Crippen LogP contribution in [0.15, 0.2) is 0 Å². The Morgan fingerprint density at radius 2 is 0.889 bits per heavy atom. The fourth-order valence-electron chi connectivity index (χ4n) is 0. The van der Waals surface area contributed by atoms with E-state index < -0.39 is 0 Å². The molecular weight excluding hydrogens is 112 g/mol. The molecule has 0 aliphatic carbocycles. The molecular formula is C8H22O. The van der Waals surface area contributed by atoms with Gasteiger partial charge in [0.05, 0.1) is 0 Å². The molecule has 0 spiro atoms. The van der Waals surface area contributed by atoms with Crippen LogP contribution in [0.5, 0.6) is 0 Å². The van der Waals surface area contributed by atoms with Gasteiger partial charge in [-0.2, -0.15) is 0 Å². The summed E-state index contributed by atoms with van der Waals surface area (Å²) >= 11 is 0. The van der Waals surface area contributed by atoms with E-state index in [0.717, 1.165) is 0 Å². The van der Waals surface area contributed by atoms with E-state index in [-0.39, 0.29) is 7.43 Å². The van der Waals surface area contributed by atoms with Crippen molar-refractivity contribution in [1.29, 1.82) is 0 Å². The van der Waals surface area contributed by atoms with Crippen LogP contribution in [0.1, 0.15) is 35.1 Å². The van der Waals surface area contributed by atoms with Gasteiger partial charge in [-0.05, 0) is 5.41 Å². The molecule has 0 rings (SSSR count). The van der Waals surface area contributed by atoms with E-state index in [0.29, 0.717) is 5.41 Å². The lowest BCUT2D eigenvalue weighted by molar-refractivity contribution is 0.277. The van der Waals surface area contributed by atoms with Crippen molar-refractivity contribution in [2.24, 2.45) is 5.41 Å². The van der Waals surface area contributed by atoms with Gasteiger partial charge in [-0.25, -0.2) is 0 Å². The summed E-state index contributed by atoms with van der Waals surface area (Å²) in [7, 11) is 3.25. The van der Waals surface area contributed by atoms with Crippen LogP contribution < -0.4 is 0 Å². The van der Waals surface area contributed by atoms with E-state index >= 15 is 0 Å². The molecule has 1 nitrogen and oxygen atoms in total. The molecule has 0 saturated carbocycles. The molecule has 0 aromatic heterocycles. The summed E-state index contributed by atoms with van der Waals surface area (Å²) in [5, 5.41) is 0. The van der Waals surface area contributed by atoms with Crippen molar-refractivity contribution in [3.8, 4) is 0 Å². The first-order chi connectivity index (χ1) is 3.41. The van der Waals surface area contributed by atoms with Gasteiger partial charge in [0.25, 0.3) is 0 Å². The van der Waals surface area contributed by atoms with Crippen LogP contribution in [-0.2, 0) is 4.74 Å². The van der Waals surface area contributed by atoms with Crippen LogP contribution in [0.25, 0.3) is 0 Å². The van der Waals surface area contributed by atoms with Gasteiger partial charge >= 0.3 is 0 Å². The first-order valence-corrected chi connectivity index (χ1v) is 2.82. The second kappa shape index (κ2) is 7.96.